The van der Waals surface area contributed by atoms with E-state index >= 15 is 0 Å². The summed E-state index contributed by atoms with van der Waals surface area (Å²) in [5.74, 6) is -2.57. The van der Waals surface area contributed by atoms with E-state index in [1.165, 1.54) is 0 Å². The number of hydrogen-bond acceptors (Lipinski definition) is 6. The number of rotatable bonds is 5. The van der Waals surface area contributed by atoms with Gasteiger partial charge in [0, 0.05) is 12.8 Å². The SMILES string of the molecule is CC(=O)N(OC(=O)OCC1c2ccccc2-c2ccccc21)[C@@H](CO)C(=O)O. The van der Waals surface area contributed by atoms with Crippen LogP contribution in [0.15, 0.2) is 48.5 Å². The van der Waals surface area contributed by atoms with Crippen LogP contribution >= 0.6 is 0 Å². The quantitative estimate of drug-likeness (QED) is 0.599. The van der Waals surface area contributed by atoms with Crippen LogP contribution in [-0.2, 0) is 19.2 Å². The summed E-state index contributed by atoms with van der Waals surface area (Å²) in [7, 11) is 0. The maximum absolute atomic E-state index is 12.1. The van der Waals surface area contributed by atoms with Crippen LogP contribution in [0.3, 0.4) is 0 Å². The van der Waals surface area contributed by atoms with Crippen molar-refractivity contribution in [3.8, 4) is 11.1 Å². The first-order valence-electron chi connectivity index (χ1n) is 8.60. The zero-order chi connectivity index (χ0) is 20.3. The molecule has 1 amide bonds. The molecule has 2 aromatic rings. The molecule has 0 bridgehead atoms. The average Bonchev–Trinajstić information content (AvgIpc) is 3.00. The Bertz CT molecular complexity index is 865. The molecule has 1 aliphatic rings. The van der Waals surface area contributed by atoms with Gasteiger partial charge in [-0.2, -0.15) is 5.06 Å². The highest BCUT2D eigenvalue weighted by Crippen LogP contribution is 2.44. The molecule has 8 heteroatoms. The third-order valence-corrected chi connectivity index (χ3v) is 4.55. The van der Waals surface area contributed by atoms with Crippen LogP contribution < -0.4 is 0 Å². The molecular formula is C20H19NO7. The number of carbonyl (C=O) groups excluding carboxylic acids is 2. The van der Waals surface area contributed by atoms with Gasteiger partial charge >= 0.3 is 12.1 Å². The van der Waals surface area contributed by atoms with E-state index in [4.69, 9.17) is 19.8 Å². The number of hydrogen-bond donors (Lipinski definition) is 2. The second-order valence-corrected chi connectivity index (χ2v) is 6.26. The molecule has 0 unspecified atom stereocenters. The van der Waals surface area contributed by atoms with Gasteiger partial charge in [0.25, 0.3) is 5.91 Å². The zero-order valence-corrected chi connectivity index (χ0v) is 15.1. The van der Waals surface area contributed by atoms with Gasteiger partial charge in [-0.05, 0) is 22.3 Å². The van der Waals surface area contributed by atoms with Gasteiger partial charge in [0.15, 0.2) is 6.04 Å². The van der Waals surface area contributed by atoms with E-state index in [9.17, 15) is 14.4 Å². The fraction of sp³-hybridized carbons (Fsp3) is 0.250. The standard InChI is InChI=1S/C20H19NO7/c1-12(23)21(18(10-22)19(24)25)28-20(26)27-11-17-15-8-4-2-6-13(15)14-7-3-5-9-16(14)17/h2-9,17-18,22H,10-11H2,1H3,(H,24,25)/t18-/m0/s1. The van der Waals surface area contributed by atoms with E-state index in [1.807, 2.05) is 48.5 Å². The van der Waals surface area contributed by atoms with Gasteiger partial charge in [-0.3, -0.25) is 4.79 Å². The number of aliphatic hydroxyl groups is 1. The van der Waals surface area contributed by atoms with Gasteiger partial charge in [-0.15, -0.1) is 0 Å². The lowest BCUT2D eigenvalue weighted by Gasteiger charge is -2.24. The number of nitrogens with zero attached hydrogens (tertiary/aromatic N) is 1. The Kier molecular flexibility index (Phi) is 5.60. The predicted molar refractivity (Wildman–Crippen MR) is 97.2 cm³/mol. The monoisotopic (exact) mass is 385 g/mol. The van der Waals surface area contributed by atoms with Crippen LogP contribution in [0, 0.1) is 0 Å². The molecule has 28 heavy (non-hydrogen) atoms. The maximum atomic E-state index is 12.1. The van der Waals surface area contributed by atoms with Crippen LogP contribution in [0.5, 0.6) is 0 Å². The highest BCUT2D eigenvalue weighted by Gasteiger charge is 2.33. The van der Waals surface area contributed by atoms with Crippen LogP contribution in [0.4, 0.5) is 4.79 Å². The van der Waals surface area contributed by atoms with E-state index in [1.54, 1.807) is 0 Å². The van der Waals surface area contributed by atoms with Crippen LogP contribution in [-0.4, -0.2) is 52.6 Å². The molecule has 0 heterocycles. The molecule has 0 fully saturated rings. The first-order chi connectivity index (χ1) is 13.4. The molecular weight excluding hydrogens is 366 g/mol. The van der Waals surface area contributed by atoms with E-state index in [-0.39, 0.29) is 12.5 Å². The summed E-state index contributed by atoms with van der Waals surface area (Å²) in [5.41, 5.74) is 4.10. The number of carboxylic acids is 1. The number of carboxylic acid groups (broad SMARTS) is 1. The Morgan fingerprint density at radius 1 is 1.04 bits per heavy atom. The molecule has 1 aliphatic carbocycles. The topological polar surface area (TPSA) is 113 Å². The third kappa shape index (κ3) is 3.67. The summed E-state index contributed by atoms with van der Waals surface area (Å²) in [4.78, 5) is 39.5. The number of aliphatic hydroxyl groups excluding tert-OH is 1. The van der Waals surface area contributed by atoms with Gasteiger partial charge in [0.05, 0.1) is 6.61 Å². The molecule has 0 spiro atoms. The molecule has 2 N–H and O–H groups in total. The number of carbonyl (C=O) groups is 3. The second-order valence-electron chi connectivity index (χ2n) is 6.26. The summed E-state index contributed by atoms with van der Waals surface area (Å²) in [6.07, 6.45) is -1.23. The molecule has 0 aromatic heterocycles. The smallest absolute Gasteiger partial charge is 0.480 e. The molecule has 0 radical (unpaired) electrons. The molecule has 8 nitrogen and oxygen atoms in total. The molecule has 1 atom stereocenters. The summed E-state index contributed by atoms with van der Waals surface area (Å²) < 4.78 is 5.17. The number of ether oxygens (including phenoxy) is 1. The Balaban J connectivity index is 1.72. The summed E-state index contributed by atoms with van der Waals surface area (Å²) in [6.45, 7) is 0.0589. The van der Waals surface area contributed by atoms with Crippen molar-refractivity contribution in [1.29, 1.82) is 0 Å². The number of fused-ring (bicyclic) bond motifs is 3. The number of benzene rings is 2. The first kappa shape index (κ1) is 19.4. The minimum Gasteiger partial charge on any atom is -0.480 e. The first-order valence-corrected chi connectivity index (χ1v) is 8.60. The van der Waals surface area contributed by atoms with Crippen molar-refractivity contribution in [2.75, 3.05) is 13.2 Å². The van der Waals surface area contributed by atoms with Crippen LogP contribution in [0.25, 0.3) is 11.1 Å². The highest BCUT2D eigenvalue weighted by atomic mass is 16.8. The van der Waals surface area contributed by atoms with Crippen molar-refractivity contribution >= 4 is 18.0 Å². The van der Waals surface area contributed by atoms with Gasteiger partial charge in [0.1, 0.15) is 6.61 Å². The van der Waals surface area contributed by atoms with Gasteiger partial charge in [0.2, 0.25) is 0 Å². The average molecular weight is 385 g/mol. The summed E-state index contributed by atoms with van der Waals surface area (Å²) in [6, 6.07) is 13.8. The van der Waals surface area contributed by atoms with Gasteiger partial charge < -0.3 is 19.8 Å². The molecule has 146 valence electrons. The number of amides is 1. The Hall–Kier alpha value is -3.39. The normalized spacial score (nSPS) is 13.2. The largest absolute Gasteiger partial charge is 0.533 e. The second kappa shape index (κ2) is 8.10. The van der Waals surface area contributed by atoms with E-state index in [0.29, 0.717) is 5.06 Å². The Morgan fingerprint density at radius 2 is 1.57 bits per heavy atom. The van der Waals surface area contributed by atoms with Gasteiger partial charge in [-0.25, -0.2) is 9.59 Å². The lowest BCUT2D eigenvalue weighted by molar-refractivity contribution is -0.194. The minimum absolute atomic E-state index is 0.0462. The van der Waals surface area contributed by atoms with Crippen molar-refractivity contribution < 1.29 is 34.2 Å². The highest BCUT2D eigenvalue weighted by molar-refractivity contribution is 5.82. The van der Waals surface area contributed by atoms with E-state index in [0.717, 1.165) is 29.2 Å². The molecule has 0 saturated heterocycles. The predicted octanol–water partition coefficient (Wildman–Crippen LogP) is 2.16. The lowest BCUT2D eigenvalue weighted by atomic mass is 9.98. The van der Waals surface area contributed by atoms with Crippen molar-refractivity contribution in [3.63, 3.8) is 0 Å². The maximum Gasteiger partial charge on any atom is 0.533 e. The Labute approximate surface area is 160 Å². The zero-order valence-electron chi connectivity index (χ0n) is 15.1. The third-order valence-electron chi connectivity index (χ3n) is 4.55. The minimum atomic E-state index is -1.71. The van der Waals surface area contributed by atoms with Gasteiger partial charge in [-0.1, -0.05) is 48.5 Å². The number of aliphatic carboxylic acids is 1. The van der Waals surface area contributed by atoms with Crippen molar-refractivity contribution in [1.82, 2.24) is 5.06 Å². The molecule has 2 aromatic carbocycles. The lowest BCUT2D eigenvalue weighted by Crippen LogP contribution is -2.47. The van der Waals surface area contributed by atoms with Crippen molar-refractivity contribution in [2.45, 2.75) is 18.9 Å². The van der Waals surface area contributed by atoms with Crippen LogP contribution in [0.1, 0.15) is 24.0 Å². The molecule has 0 saturated carbocycles. The fourth-order valence-electron chi connectivity index (χ4n) is 3.30. The van der Waals surface area contributed by atoms with Crippen molar-refractivity contribution in [2.24, 2.45) is 0 Å². The fourth-order valence-corrected chi connectivity index (χ4v) is 3.30. The number of hydroxylamine groups is 2. The van der Waals surface area contributed by atoms with E-state index < -0.39 is 30.7 Å². The summed E-state index contributed by atoms with van der Waals surface area (Å²) >= 11 is 0. The van der Waals surface area contributed by atoms with Crippen LogP contribution in [0.2, 0.25) is 0 Å². The summed E-state index contributed by atoms with van der Waals surface area (Å²) in [5, 5.41) is 18.5. The van der Waals surface area contributed by atoms with Crippen molar-refractivity contribution in [3.05, 3.63) is 59.7 Å². The molecule has 3 rings (SSSR count). The Morgan fingerprint density at radius 3 is 2.04 bits per heavy atom. The van der Waals surface area contributed by atoms with E-state index in [2.05, 4.69) is 0 Å². The molecule has 0 aliphatic heterocycles.